The van der Waals surface area contributed by atoms with Crippen LogP contribution in [-0.4, -0.2) is 5.71 Å². The molecule has 1 aromatic rings. The van der Waals surface area contributed by atoms with Gasteiger partial charge in [-0.05, 0) is 19.1 Å². The Labute approximate surface area is 73.1 Å². The third-order valence-corrected chi connectivity index (χ3v) is 1.74. The van der Waals surface area contributed by atoms with Gasteiger partial charge in [0, 0.05) is 5.41 Å². The first-order valence-corrected chi connectivity index (χ1v) is 4.07. The third-order valence-electron chi connectivity index (χ3n) is 1.74. The molecule has 0 saturated carbocycles. The maximum absolute atomic E-state index is 7.80. The summed E-state index contributed by atoms with van der Waals surface area (Å²) in [7, 11) is 0. The summed E-state index contributed by atoms with van der Waals surface area (Å²) in [4.78, 5) is 0. The molecule has 1 aromatic heterocycles. The van der Waals surface area contributed by atoms with Crippen molar-refractivity contribution in [3.05, 3.63) is 23.7 Å². The van der Waals surface area contributed by atoms with Crippen LogP contribution in [0.4, 0.5) is 0 Å². The predicted octanol–water partition coefficient (Wildman–Crippen LogP) is 3.00. The molecule has 0 aromatic carbocycles. The molecular weight excluding hydrogens is 150 g/mol. The second kappa shape index (κ2) is 2.77. The number of hydrogen-bond donors (Lipinski definition) is 1. The molecule has 1 N–H and O–H groups in total. The maximum atomic E-state index is 7.80. The Kier molecular flexibility index (Phi) is 2.09. The van der Waals surface area contributed by atoms with Gasteiger partial charge in [-0.2, -0.15) is 0 Å². The Balaban J connectivity index is 2.93. The molecule has 66 valence electrons. The lowest BCUT2D eigenvalue weighted by Crippen LogP contribution is -2.19. The number of hydrogen-bond acceptors (Lipinski definition) is 2. The van der Waals surface area contributed by atoms with Crippen molar-refractivity contribution in [2.75, 3.05) is 0 Å². The first-order valence-electron chi connectivity index (χ1n) is 4.07. The molecule has 2 heteroatoms. The Morgan fingerprint density at radius 1 is 1.33 bits per heavy atom. The van der Waals surface area contributed by atoms with Crippen LogP contribution >= 0.6 is 0 Å². The van der Waals surface area contributed by atoms with E-state index in [2.05, 4.69) is 0 Å². The maximum Gasteiger partial charge on any atom is 0.148 e. The summed E-state index contributed by atoms with van der Waals surface area (Å²) in [6, 6.07) is 3.73. The van der Waals surface area contributed by atoms with Gasteiger partial charge in [0.1, 0.15) is 11.5 Å². The minimum absolute atomic E-state index is 0.135. The zero-order valence-electron chi connectivity index (χ0n) is 8.06. The standard InChI is InChI=1S/C10H15NO/c1-7-5-6-8(12-7)9(11)10(2,3)4/h5-6,11H,1-4H3. The molecule has 2 nitrogen and oxygen atoms in total. The SMILES string of the molecule is Cc1ccc(C(=N)C(C)(C)C)o1. The lowest BCUT2D eigenvalue weighted by molar-refractivity contribution is 0.501. The van der Waals surface area contributed by atoms with Gasteiger partial charge in [-0.3, -0.25) is 0 Å². The van der Waals surface area contributed by atoms with Gasteiger partial charge >= 0.3 is 0 Å². The Bertz CT molecular complexity index is 291. The Morgan fingerprint density at radius 3 is 2.25 bits per heavy atom. The summed E-state index contributed by atoms with van der Waals surface area (Å²) < 4.78 is 5.35. The fourth-order valence-corrected chi connectivity index (χ4v) is 0.938. The van der Waals surface area contributed by atoms with Crippen molar-refractivity contribution in [1.29, 1.82) is 5.41 Å². The second-order valence-electron chi connectivity index (χ2n) is 4.04. The predicted molar refractivity (Wildman–Crippen MR) is 49.7 cm³/mol. The normalized spacial score (nSPS) is 11.7. The Morgan fingerprint density at radius 2 is 1.92 bits per heavy atom. The van der Waals surface area contributed by atoms with Crippen LogP contribution in [0, 0.1) is 17.7 Å². The first-order chi connectivity index (χ1) is 5.41. The number of aryl methyl sites for hydroxylation is 1. The molecule has 0 aliphatic rings. The van der Waals surface area contributed by atoms with Crippen molar-refractivity contribution < 1.29 is 4.42 Å². The van der Waals surface area contributed by atoms with Crippen molar-refractivity contribution in [3.8, 4) is 0 Å². The van der Waals surface area contributed by atoms with Crippen LogP contribution in [0.5, 0.6) is 0 Å². The summed E-state index contributed by atoms with van der Waals surface area (Å²) in [6.45, 7) is 7.91. The van der Waals surface area contributed by atoms with E-state index in [1.807, 2.05) is 39.8 Å². The molecule has 0 spiro atoms. The van der Waals surface area contributed by atoms with Crippen LogP contribution in [0.25, 0.3) is 0 Å². The van der Waals surface area contributed by atoms with Gasteiger partial charge in [0.15, 0.2) is 0 Å². The zero-order valence-corrected chi connectivity index (χ0v) is 8.06. The molecule has 12 heavy (non-hydrogen) atoms. The van der Waals surface area contributed by atoms with E-state index < -0.39 is 0 Å². The van der Waals surface area contributed by atoms with Gasteiger partial charge in [0.2, 0.25) is 0 Å². The van der Waals surface area contributed by atoms with E-state index in [0.717, 1.165) is 5.76 Å². The quantitative estimate of drug-likeness (QED) is 0.638. The fraction of sp³-hybridized carbons (Fsp3) is 0.500. The number of rotatable bonds is 1. The number of furan rings is 1. The van der Waals surface area contributed by atoms with Crippen LogP contribution in [0.3, 0.4) is 0 Å². The van der Waals surface area contributed by atoms with Gasteiger partial charge in [-0.25, -0.2) is 0 Å². The van der Waals surface area contributed by atoms with E-state index in [1.165, 1.54) is 0 Å². The largest absolute Gasteiger partial charge is 0.460 e. The van der Waals surface area contributed by atoms with Gasteiger partial charge < -0.3 is 9.83 Å². The lowest BCUT2D eigenvalue weighted by Gasteiger charge is -2.17. The summed E-state index contributed by atoms with van der Waals surface area (Å²) in [5.41, 5.74) is 0.417. The molecule has 0 fully saturated rings. The summed E-state index contributed by atoms with van der Waals surface area (Å²) in [5.74, 6) is 1.54. The molecule has 1 rings (SSSR count). The zero-order chi connectivity index (χ0) is 9.35. The lowest BCUT2D eigenvalue weighted by atomic mass is 9.89. The van der Waals surface area contributed by atoms with Crippen molar-refractivity contribution in [2.24, 2.45) is 5.41 Å². The molecule has 0 radical (unpaired) electrons. The summed E-state index contributed by atoms with van der Waals surface area (Å²) in [5, 5.41) is 7.80. The van der Waals surface area contributed by atoms with Gasteiger partial charge in [-0.15, -0.1) is 0 Å². The molecule has 0 aliphatic carbocycles. The van der Waals surface area contributed by atoms with Crippen LogP contribution < -0.4 is 0 Å². The average Bonchev–Trinajstić information content (AvgIpc) is 2.32. The highest BCUT2D eigenvalue weighted by Gasteiger charge is 2.21. The number of nitrogens with one attached hydrogen (secondary N) is 1. The van der Waals surface area contributed by atoms with Gasteiger partial charge in [-0.1, -0.05) is 20.8 Å². The second-order valence-corrected chi connectivity index (χ2v) is 4.04. The van der Waals surface area contributed by atoms with E-state index in [4.69, 9.17) is 9.83 Å². The summed E-state index contributed by atoms with van der Waals surface area (Å²) in [6.07, 6.45) is 0. The molecular formula is C10H15NO. The van der Waals surface area contributed by atoms with E-state index in [1.54, 1.807) is 0 Å². The monoisotopic (exact) mass is 165 g/mol. The van der Waals surface area contributed by atoms with E-state index >= 15 is 0 Å². The molecule has 0 atom stereocenters. The average molecular weight is 165 g/mol. The van der Waals surface area contributed by atoms with Crippen LogP contribution in [0.1, 0.15) is 32.3 Å². The van der Waals surface area contributed by atoms with Crippen LogP contribution in [0.2, 0.25) is 0 Å². The highest BCUT2D eigenvalue weighted by Crippen LogP contribution is 2.21. The molecule has 0 saturated heterocycles. The molecule has 0 bridgehead atoms. The highest BCUT2D eigenvalue weighted by atomic mass is 16.3. The fourth-order valence-electron chi connectivity index (χ4n) is 0.938. The topological polar surface area (TPSA) is 37.0 Å². The molecule has 1 heterocycles. The minimum atomic E-state index is -0.135. The smallest absolute Gasteiger partial charge is 0.148 e. The molecule has 0 unspecified atom stereocenters. The minimum Gasteiger partial charge on any atom is -0.460 e. The van der Waals surface area contributed by atoms with Crippen LogP contribution in [0.15, 0.2) is 16.5 Å². The third kappa shape index (κ3) is 1.76. The van der Waals surface area contributed by atoms with Crippen molar-refractivity contribution >= 4 is 5.71 Å². The van der Waals surface area contributed by atoms with Gasteiger partial charge in [0.05, 0.1) is 5.71 Å². The first kappa shape index (κ1) is 9.04. The van der Waals surface area contributed by atoms with Crippen molar-refractivity contribution in [2.45, 2.75) is 27.7 Å². The highest BCUT2D eigenvalue weighted by molar-refractivity contribution is 5.99. The summed E-state index contributed by atoms with van der Waals surface area (Å²) >= 11 is 0. The molecule has 0 amide bonds. The van der Waals surface area contributed by atoms with E-state index in [9.17, 15) is 0 Å². The van der Waals surface area contributed by atoms with Crippen molar-refractivity contribution in [3.63, 3.8) is 0 Å². The van der Waals surface area contributed by atoms with Crippen LogP contribution in [-0.2, 0) is 0 Å². The van der Waals surface area contributed by atoms with Crippen molar-refractivity contribution in [1.82, 2.24) is 0 Å². The van der Waals surface area contributed by atoms with E-state index in [-0.39, 0.29) is 5.41 Å². The van der Waals surface area contributed by atoms with E-state index in [0.29, 0.717) is 11.5 Å². The molecule has 0 aliphatic heterocycles. The Hall–Kier alpha value is -1.05. The van der Waals surface area contributed by atoms with Gasteiger partial charge in [0.25, 0.3) is 0 Å².